The molecule has 1 aromatic carbocycles. The molecule has 0 radical (unpaired) electrons. The molecule has 0 aliphatic carbocycles. The van der Waals surface area contributed by atoms with E-state index in [-0.39, 0.29) is 23.9 Å². The molecule has 0 amide bonds. The normalized spacial score (nSPS) is 13.5. The van der Waals surface area contributed by atoms with E-state index >= 15 is 0 Å². The number of hydrogen-bond acceptors (Lipinski definition) is 7. The second-order valence-electron chi connectivity index (χ2n) is 5.71. The van der Waals surface area contributed by atoms with Gasteiger partial charge in [0, 0.05) is 12.3 Å². The first kappa shape index (κ1) is 22.2. The largest absolute Gasteiger partial charge is 0.506 e. The van der Waals surface area contributed by atoms with Crippen LogP contribution < -0.4 is 9.47 Å². The number of ether oxygens (including phenoxy) is 3. The molecule has 0 saturated heterocycles. The van der Waals surface area contributed by atoms with Crippen molar-refractivity contribution < 1.29 is 29.2 Å². The average Bonchev–Trinajstić information content (AvgIpc) is 2.63. The number of aliphatic hydroxyl groups is 2. The summed E-state index contributed by atoms with van der Waals surface area (Å²) >= 11 is 2.05. The van der Waals surface area contributed by atoms with Crippen LogP contribution in [-0.4, -0.2) is 56.4 Å². The second kappa shape index (κ2) is 10.4. The zero-order valence-electron chi connectivity index (χ0n) is 15.4. The molecule has 0 spiro atoms. The van der Waals surface area contributed by atoms with Crippen LogP contribution in [0.15, 0.2) is 22.7 Å². The van der Waals surface area contributed by atoms with Crippen LogP contribution in [0.25, 0.3) is 5.76 Å². The van der Waals surface area contributed by atoms with Crippen LogP contribution in [0.2, 0.25) is 0 Å². The third-order valence-electron chi connectivity index (χ3n) is 3.74. The monoisotopic (exact) mass is 477 g/mol. The van der Waals surface area contributed by atoms with Gasteiger partial charge in [-0.1, -0.05) is 13.8 Å². The van der Waals surface area contributed by atoms with Gasteiger partial charge in [0.05, 0.1) is 43.1 Å². The van der Waals surface area contributed by atoms with Gasteiger partial charge in [0.2, 0.25) is 0 Å². The highest BCUT2D eigenvalue weighted by Gasteiger charge is 2.21. The van der Waals surface area contributed by atoms with Gasteiger partial charge in [-0.15, -0.1) is 0 Å². The number of carbonyl (C=O) groups is 1. The van der Waals surface area contributed by atoms with Gasteiger partial charge in [0.25, 0.3) is 0 Å². The minimum Gasteiger partial charge on any atom is -0.506 e. The highest BCUT2D eigenvalue weighted by Crippen LogP contribution is 2.34. The lowest BCUT2D eigenvalue weighted by Gasteiger charge is -2.15. The molecule has 0 unspecified atom stereocenters. The maximum Gasteiger partial charge on any atom is 0.343 e. The second-order valence-corrected chi connectivity index (χ2v) is 6.88. The number of aliphatic imine (C=N–C) groups is 1. The van der Waals surface area contributed by atoms with Crippen molar-refractivity contribution in [1.29, 1.82) is 0 Å². The van der Waals surface area contributed by atoms with Crippen LogP contribution in [0.3, 0.4) is 0 Å². The lowest BCUT2D eigenvalue weighted by Crippen LogP contribution is -2.19. The number of rotatable bonds is 8. The molecule has 0 aromatic heterocycles. The summed E-state index contributed by atoms with van der Waals surface area (Å²) in [5, 5.41) is 20.1. The minimum atomic E-state index is -0.750. The van der Waals surface area contributed by atoms with Crippen LogP contribution in [0.1, 0.15) is 19.4 Å². The lowest BCUT2D eigenvalue weighted by molar-refractivity contribution is -0.135. The zero-order chi connectivity index (χ0) is 19.9. The standard InChI is InChI=1S/C18H24INO6/c1-10(2)14(9-21)20-8-12(18(23)26-5)17(22)11-6-13(19)16(25-4)7-15(11)24-3/h6-8,10,14,21-22H,9H2,1-5H3/t14-/m1/s1. The average molecular weight is 477 g/mol. The summed E-state index contributed by atoms with van der Waals surface area (Å²) in [6.45, 7) is 3.62. The highest BCUT2D eigenvalue weighted by molar-refractivity contribution is 14.1. The maximum atomic E-state index is 12.1. The summed E-state index contributed by atoms with van der Waals surface area (Å²) in [5.41, 5.74) is 0.167. The number of benzene rings is 1. The topological polar surface area (TPSA) is 97.6 Å². The van der Waals surface area contributed by atoms with Crippen molar-refractivity contribution in [2.45, 2.75) is 19.9 Å². The SMILES string of the molecule is COC(=O)C(C=N[C@H](CO)C(C)C)=C(O)c1cc(I)c(OC)cc1OC. The maximum absolute atomic E-state index is 12.1. The van der Waals surface area contributed by atoms with Crippen molar-refractivity contribution in [2.24, 2.45) is 10.9 Å². The molecule has 1 rings (SSSR count). The minimum absolute atomic E-state index is 0.0637. The van der Waals surface area contributed by atoms with Gasteiger partial charge in [0.1, 0.15) is 22.8 Å². The molecule has 0 fully saturated rings. The van der Waals surface area contributed by atoms with E-state index in [0.717, 1.165) is 3.57 Å². The number of aliphatic hydroxyl groups excluding tert-OH is 2. The van der Waals surface area contributed by atoms with E-state index in [0.29, 0.717) is 17.1 Å². The molecule has 0 aliphatic rings. The smallest absolute Gasteiger partial charge is 0.343 e. The quantitative estimate of drug-likeness (QED) is 0.197. The van der Waals surface area contributed by atoms with Gasteiger partial charge >= 0.3 is 5.97 Å². The van der Waals surface area contributed by atoms with Gasteiger partial charge in [-0.25, -0.2) is 4.79 Å². The van der Waals surface area contributed by atoms with Crippen molar-refractivity contribution in [2.75, 3.05) is 27.9 Å². The Morgan fingerprint density at radius 1 is 1.23 bits per heavy atom. The van der Waals surface area contributed by atoms with Gasteiger partial charge in [0.15, 0.2) is 0 Å². The van der Waals surface area contributed by atoms with E-state index in [1.165, 1.54) is 27.5 Å². The summed E-state index contributed by atoms with van der Waals surface area (Å²) in [7, 11) is 4.19. The molecule has 8 heteroatoms. The molecular weight excluding hydrogens is 453 g/mol. The number of nitrogens with zero attached hydrogens (tertiary/aromatic N) is 1. The number of halogens is 1. The van der Waals surface area contributed by atoms with Crippen LogP contribution in [0.4, 0.5) is 0 Å². The molecule has 1 atom stereocenters. The van der Waals surface area contributed by atoms with Crippen molar-refractivity contribution in [1.82, 2.24) is 0 Å². The zero-order valence-corrected chi connectivity index (χ0v) is 17.6. The van der Waals surface area contributed by atoms with Crippen molar-refractivity contribution in [3.8, 4) is 11.5 Å². The number of hydrogen-bond donors (Lipinski definition) is 2. The van der Waals surface area contributed by atoms with Gasteiger partial charge in [-0.3, -0.25) is 4.99 Å². The van der Waals surface area contributed by atoms with E-state index in [2.05, 4.69) is 27.6 Å². The fraction of sp³-hybridized carbons (Fsp3) is 0.444. The molecule has 2 N–H and O–H groups in total. The predicted molar refractivity (Wildman–Crippen MR) is 108 cm³/mol. The predicted octanol–water partition coefficient (Wildman–Crippen LogP) is 2.84. The van der Waals surface area contributed by atoms with Gasteiger partial charge in [-0.2, -0.15) is 0 Å². The van der Waals surface area contributed by atoms with Crippen LogP contribution in [0.5, 0.6) is 11.5 Å². The van der Waals surface area contributed by atoms with E-state index in [1.807, 2.05) is 13.8 Å². The van der Waals surface area contributed by atoms with Crippen LogP contribution in [-0.2, 0) is 9.53 Å². The number of carbonyl (C=O) groups excluding carboxylic acids is 1. The Morgan fingerprint density at radius 2 is 1.85 bits per heavy atom. The Labute approximate surface area is 166 Å². The molecule has 0 saturated carbocycles. The fourth-order valence-corrected chi connectivity index (χ4v) is 2.80. The van der Waals surface area contributed by atoms with Gasteiger partial charge in [-0.05, 0) is 34.6 Å². The van der Waals surface area contributed by atoms with Crippen LogP contribution >= 0.6 is 22.6 Å². The summed E-state index contributed by atoms with van der Waals surface area (Å²) < 4.78 is 16.0. The van der Waals surface area contributed by atoms with E-state index in [1.54, 1.807) is 12.1 Å². The van der Waals surface area contributed by atoms with Crippen molar-refractivity contribution >= 4 is 40.5 Å². The molecule has 144 valence electrons. The molecule has 0 heterocycles. The molecule has 0 bridgehead atoms. The summed E-state index contributed by atoms with van der Waals surface area (Å²) in [6.07, 6.45) is 1.22. The molecule has 0 aliphatic heterocycles. The Morgan fingerprint density at radius 3 is 2.31 bits per heavy atom. The first-order valence-corrected chi connectivity index (χ1v) is 8.95. The third-order valence-corrected chi connectivity index (χ3v) is 4.58. The molecule has 7 nitrogen and oxygen atoms in total. The first-order chi connectivity index (χ1) is 12.3. The van der Waals surface area contributed by atoms with Crippen molar-refractivity contribution in [3.63, 3.8) is 0 Å². The summed E-state index contributed by atoms with van der Waals surface area (Å²) in [5.74, 6) is -0.114. The highest BCUT2D eigenvalue weighted by atomic mass is 127. The Bertz CT molecular complexity index is 699. The summed E-state index contributed by atoms with van der Waals surface area (Å²) in [6, 6.07) is 2.85. The first-order valence-electron chi connectivity index (χ1n) is 7.88. The van der Waals surface area contributed by atoms with E-state index in [9.17, 15) is 15.0 Å². The number of esters is 1. The molecule has 1 aromatic rings. The molecule has 26 heavy (non-hydrogen) atoms. The summed E-state index contributed by atoms with van der Waals surface area (Å²) in [4.78, 5) is 16.4. The fourth-order valence-electron chi connectivity index (χ4n) is 2.11. The lowest BCUT2D eigenvalue weighted by atomic mass is 10.1. The molecular formula is C18H24INO6. The Kier molecular flexibility index (Phi) is 8.86. The van der Waals surface area contributed by atoms with Crippen molar-refractivity contribution in [3.05, 3.63) is 26.8 Å². The van der Waals surface area contributed by atoms with E-state index in [4.69, 9.17) is 14.2 Å². The Hall–Kier alpha value is -1.81. The third kappa shape index (κ3) is 5.34. The van der Waals surface area contributed by atoms with Crippen LogP contribution in [0, 0.1) is 9.49 Å². The van der Waals surface area contributed by atoms with E-state index < -0.39 is 12.0 Å². The Balaban J connectivity index is 3.52. The van der Waals surface area contributed by atoms with Gasteiger partial charge < -0.3 is 24.4 Å². The number of methoxy groups -OCH3 is 3.